The topological polar surface area (TPSA) is 97.1 Å². The first-order chi connectivity index (χ1) is 20.1. The van der Waals surface area contributed by atoms with E-state index in [0.29, 0.717) is 23.4 Å². The number of aromatic nitrogens is 2. The summed E-state index contributed by atoms with van der Waals surface area (Å²) in [6, 6.07) is 21.3. The number of aryl methyl sites for hydroxylation is 3. The normalized spacial score (nSPS) is 13.6. The van der Waals surface area contributed by atoms with E-state index in [0.717, 1.165) is 65.1 Å². The summed E-state index contributed by atoms with van der Waals surface area (Å²) in [6.07, 6.45) is 3.87. The minimum atomic E-state index is -0.780. The number of rotatable bonds is 7. The van der Waals surface area contributed by atoms with Crippen LogP contribution in [0.15, 0.2) is 71.5 Å². The largest absolute Gasteiger partial charge is 0.488 e. The number of fused-ring (bicyclic) bond motifs is 1. The van der Waals surface area contributed by atoms with Gasteiger partial charge in [0, 0.05) is 17.5 Å². The molecule has 0 fully saturated rings. The highest BCUT2D eigenvalue weighted by Gasteiger charge is 2.27. The van der Waals surface area contributed by atoms with E-state index < -0.39 is 5.81 Å². The maximum Gasteiger partial charge on any atom is 0.261 e. The van der Waals surface area contributed by atoms with Gasteiger partial charge in [-0.3, -0.25) is 19.6 Å². The van der Waals surface area contributed by atoms with E-state index in [2.05, 4.69) is 32.2 Å². The quantitative estimate of drug-likeness (QED) is 0.164. The molecule has 0 saturated heterocycles. The molecule has 42 heavy (non-hydrogen) atoms. The maximum absolute atomic E-state index is 14.1. The lowest BCUT2D eigenvalue weighted by molar-refractivity contribution is 0.0847. The zero-order valence-electron chi connectivity index (χ0n) is 24.6. The smallest absolute Gasteiger partial charge is 0.261 e. The number of nitrogens with one attached hydrogen (secondary N) is 2. The molecule has 4 aromatic rings. The van der Waals surface area contributed by atoms with Crippen LogP contribution in [0.4, 0.5) is 4.79 Å². The van der Waals surface area contributed by atoms with Crippen LogP contribution in [0.5, 0.6) is 5.75 Å². The number of carbonyl (C=O) groups excluding carboxylic acids is 1. The van der Waals surface area contributed by atoms with Gasteiger partial charge in [0.15, 0.2) is 5.81 Å². The molecule has 1 aliphatic rings. The molecule has 2 N–H and O–H groups in total. The number of hydrogen-bond acceptors (Lipinski definition) is 5. The number of hydrogen-bond donors (Lipinski definition) is 2. The van der Waals surface area contributed by atoms with Crippen LogP contribution in [0.3, 0.4) is 0 Å². The summed E-state index contributed by atoms with van der Waals surface area (Å²) in [5.74, 6) is 0.704. The van der Waals surface area contributed by atoms with Crippen LogP contribution in [-0.2, 0) is 19.3 Å². The molecule has 1 aliphatic heterocycles. The Bertz CT molecular complexity index is 1720. The fraction of sp³-hybridized carbons (Fsp3) is 0.294. The van der Waals surface area contributed by atoms with Gasteiger partial charge in [0.05, 0.1) is 11.4 Å². The summed E-state index contributed by atoms with van der Waals surface area (Å²) in [4.78, 5) is 30.3. The van der Waals surface area contributed by atoms with Crippen LogP contribution in [0.25, 0.3) is 16.8 Å². The third-order valence-electron chi connectivity index (χ3n) is 7.69. The Hall–Kier alpha value is -4.46. The molecular formula is C34H35BN4O3. The Balaban J connectivity index is 1.49. The summed E-state index contributed by atoms with van der Waals surface area (Å²) < 4.78 is 7.88. The van der Waals surface area contributed by atoms with Gasteiger partial charge < -0.3 is 10.1 Å². The van der Waals surface area contributed by atoms with Crippen LogP contribution in [-0.4, -0.2) is 34.6 Å². The number of benzene rings is 3. The van der Waals surface area contributed by atoms with Crippen LogP contribution < -0.4 is 15.6 Å². The summed E-state index contributed by atoms with van der Waals surface area (Å²) in [5, 5.41) is 10.6. The Morgan fingerprint density at radius 1 is 1.12 bits per heavy atom. The molecule has 5 rings (SSSR count). The number of amidine groups is 1. The molecule has 0 saturated carbocycles. The van der Waals surface area contributed by atoms with Gasteiger partial charge >= 0.3 is 0 Å². The standard InChI is InChI=1S/C34H35BN4O3/c1-5-8-29-28(19-22-11-13-23(14-12-22)26-9-6-7-10-27(26)31(36)38-33(35)41)32(40)39(21(2)37-29)25-15-16-30-24(20-25)17-18-34(3,4)42-30/h6-7,9-16,20H,5,8,17-19H2,1-4H3,(H2,36,38,41). The van der Waals surface area contributed by atoms with Crippen molar-refractivity contribution >= 4 is 19.5 Å². The number of ether oxygens (including phenoxy) is 1. The van der Waals surface area contributed by atoms with Crippen molar-refractivity contribution in [3.05, 3.63) is 111 Å². The van der Waals surface area contributed by atoms with Crippen LogP contribution in [0.2, 0.25) is 0 Å². The molecule has 2 heterocycles. The number of carbonyl (C=O) groups is 1. The van der Waals surface area contributed by atoms with E-state index >= 15 is 0 Å². The summed E-state index contributed by atoms with van der Waals surface area (Å²) in [6.45, 7) is 8.17. The van der Waals surface area contributed by atoms with Crippen molar-refractivity contribution in [1.29, 1.82) is 5.41 Å². The van der Waals surface area contributed by atoms with Gasteiger partial charge in [-0.25, -0.2) is 4.98 Å². The van der Waals surface area contributed by atoms with E-state index in [1.807, 2.05) is 61.5 Å². The molecule has 1 amide bonds. The third-order valence-corrected chi connectivity index (χ3v) is 7.69. The van der Waals surface area contributed by atoms with Crippen molar-refractivity contribution in [3.8, 4) is 22.6 Å². The third kappa shape index (κ3) is 6.08. The van der Waals surface area contributed by atoms with Crippen molar-refractivity contribution in [3.63, 3.8) is 0 Å². The second kappa shape index (κ2) is 11.8. The molecule has 212 valence electrons. The summed E-state index contributed by atoms with van der Waals surface area (Å²) in [7, 11) is 5.23. The van der Waals surface area contributed by atoms with Gasteiger partial charge in [0.2, 0.25) is 7.85 Å². The van der Waals surface area contributed by atoms with Gasteiger partial charge in [-0.1, -0.05) is 61.9 Å². The Kier molecular flexibility index (Phi) is 8.16. The molecule has 7 nitrogen and oxygen atoms in total. The highest BCUT2D eigenvalue weighted by molar-refractivity contribution is 6.58. The molecule has 8 heteroatoms. The maximum atomic E-state index is 14.1. The monoisotopic (exact) mass is 558 g/mol. The molecule has 3 aromatic carbocycles. The average molecular weight is 558 g/mol. The second-order valence-corrected chi connectivity index (χ2v) is 11.4. The summed E-state index contributed by atoms with van der Waals surface area (Å²) in [5.41, 5.74) is 6.42. The van der Waals surface area contributed by atoms with Crippen molar-refractivity contribution < 1.29 is 9.53 Å². The van der Waals surface area contributed by atoms with Crippen molar-refractivity contribution in [2.45, 2.75) is 65.4 Å². The van der Waals surface area contributed by atoms with E-state index in [9.17, 15) is 9.59 Å². The highest BCUT2D eigenvalue weighted by atomic mass is 16.5. The van der Waals surface area contributed by atoms with E-state index in [-0.39, 0.29) is 17.0 Å². The predicted octanol–water partition coefficient (Wildman–Crippen LogP) is 6.06. The number of nitrogens with zero attached hydrogens (tertiary/aromatic N) is 2. The van der Waals surface area contributed by atoms with Gasteiger partial charge in [-0.2, -0.15) is 0 Å². The molecule has 0 aliphatic carbocycles. The molecular weight excluding hydrogens is 523 g/mol. The van der Waals surface area contributed by atoms with E-state index in [1.165, 1.54) is 0 Å². The lowest BCUT2D eigenvalue weighted by Gasteiger charge is -2.32. The number of amides is 1. The minimum Gasteiger partial charge on any atom is -0.488 e. The lowest BCUT2D eigenvalue weighted by Crippen LogP contribution is -2.33. The first kappa shape index (κ1) is 29.1. The van der Waals surface area contributed by atoms with Crippen molar-refractivity contribution in [2.75, 3.05) is 0 Å². The Labute approximate surface area is 247 Å². The highest BCUT2D eigenvalue weighted by Crippen LogP contribution is 2.34. The summed E-state index contributed by atoms with van der Waals surface area (Å²) >= 11 is 0. The van der Waals surface area contributed by atoms with Crippen molar-refractivity contribution in [1.82, 2.24) is 14.9 Å². The fourth-order valence-electron chi connectivity index (χ4n) is 5.58. The van der Waals surface area contributed by atoms with Crippen LogP contribution in [0, 0.1) is 12.3 Å². The molecule has 0 spiro atoms. The predicted molar refractivity (Wildman–Crippen MR) is 167 cm³/mol. The van der Waals surface area contributed by atoms with Gasteiger partial charge in [-0.15, -0.1) is 0 Å². The molecule has 0 unspecified atom stereocenters. The Morgan fingerprint density at radius 3 is 2.57 bits per heavy atom. The zero-order chi connectivity index (χ0) is 30.0. The van der Waals surface area contributed by atoms with Crippen molar-refractivity contribution in [2.24, 2.45) is 0 Å². The second-order valence-electron chi connectivity index (χ2n) is 11.4. The average Bonchev–Trinajstić information content (AvgIpc) is 2.95. The molecule has 2 radical (unpaired) electrons. The molecule has 0 bridgehead atoms. The first-order valence-electron chi connectivity index (χ1n) is 14.3. The van der Waals surface area contributed by atoms with Gasteiger partial charge in [0.1, 0.15) is 23.0 Å². The Morgan fingerprint density at radius 2 is 1.86 bits per heavy atom. The fourth-order valence-corrected chi connectivity index (χ4v) is 5.58. The van der Waals surface area contributed by atoms with Crippen LogP contribution >= 0.6 is 0 Å². The lowest BCUT2D eigenvalue weighted by atomic mass is 9.94. The zero-order valence-corrected chi connectivity index (χ0v) is 24.6. The molecule has 1 aromatic heterocycles. The minimum absolute atomic E-state index is 0.0525. The van der Waals surface area contributed by atoms with Crippen LogP contribution in [0.1, 0.15) is 67.4 Å². The van der Waals surface area contributed by atoms with Gasteiger partial charge in [-0.05, 0) is 80.5 Å². The SMILES string of the molecule is [B]C(=O)NC(=N)c1ccccc1-c1ccc(Cc2c(CCC)nc(C)n(-c3ccc4c(c3)CCC(C)(C)O4)c2=O)cc1. The molecule has 0 atom stereocenters. The van der Waals surface area contributed by atoms with E-state index in [4.69, 9.17) is 23.0 Å². The van der Waals surface area contributed by atoms with E-state index in [1.54, 1.807) is 10.6 Å². The van der Waals surface area contributed by atoms with Gasteiger partial charge in [0.25, 0.3) is 5.56 Å². The first-order valence-corrected chi connectivity index (χ1v) is 14.3.